The van der Waals surface area contributed by atoms with Gasteiger partial charge in [0, 0.05) is 9.92 Å². The van der Waals surface area contributed by atoms with Crippen molar-refractivity contribution in [2.45, 2.75) is 18.4 Å². The van der Waals surface area contributed by atoms with Crippen LogP contribution in [0.15, 0.2) is 47.4 Å². The molecule has 0 bridgehead atoms. The predicted octanol–water partition coefficient (Wildman–Crippen LogP) is 4.73. The first-order valence-corrected chi connectivity index (χ1v) is 7.84. The van der Waals surface area contributed by atoms with Crippen LogP contribution in [0.3, 0.4) is 0 Å². The molecule has 0 aliphatic rings. The van der Waals surface area contributed by atoms with Crippen LogP contribution < -0.4 is 4.74 Å². The summed E-state index contributed by atoms with van der Waals surface area (Å²) in [5, 5.41) is 10.0. The molecule has 0 spiro atoms. The molecule has 0 fully saturated rings. The van der Waals surface area contributed by atoms with Crippen LogP contribution in [0.4, 0.5) is 0 Å². The molecule has 0 aliphatic heterocycles. The zero-order chi connectivity index (χ0) is 15.2. The van der Waals surface area contributed by atoms with E-state index in [1.807, 2.05) is 19.1 Å². The van der Waals surface area contributed by atoms with E-state index in [0.717, 1.165) is 11.3 Å². The Kier molecular flexibility index (Phi) is 5.53. The lowest BCUT2D eigenvalue weighted by atomic mass is 10.2. The van der Waals surface area contributed by atoms with Crippen molar-refractivity contribution < 1.29 is 14.6 Å². The van der Waals surface area contributed by atoms with E-state index in [4.69, 9.17) is 16.3 Å². The quantitative estimate of drug-likeness (QED) is 0.781. The molecule has 3 nitrogen and oxygen atoms in total. The van der Waals surface area contributed by atoms with Crippen LogP contribution in [0.1, 0.15) is 22.8 Å². The summed E-state index contributed by atoms with van der Waals surface area (Å²) in [7, 11) is 0. The van der Waals surface area contributed by atoms with Gasteiger partial charge in [0.25, 0.3) is 0 Å². The molecule has 0 aromatic heterocycles. The summed E-state index contributed by atoms with van der Waals surface area (Å²) >= 11 is 7.41. The number of carboxylic acid groups (broad SMARTS) is 1. The average Bonchev–Trinajstić information content (AvgIpc) is 2.45. The number of hydrogen-bond donors (Lipinski definition) is 1. The van der Waals surface area contributed by atoms with Gasteiger partial charge in [-0.05, 0) is 35.6 Å². The van der Waals surface area contributed by atoms with Gasteiger partial charge in [0.2, 0.25) is 0 Å². The first-order chi connectivity index (χ1) is 10.1. The molecule has 2 rings (SSSR count). The van der Waals surface area contributed by atoms with Gasteiger partial charge >= 0.3 is 5.97 Å². The normalized spacial score (nSPS) is 10.4. The van der Waals surface area contributed by atoms with Gasteiger partial charge in [-0.25, -0.2) is 4.79 Å². The van der Waals surface area contributed by atoms with Crippen LogP contribution >= 0.6 is 23.4 Å². The van der Waals surface area contributed by atoms with Crippen molar-refractivity contribution in [3.05, 3.63) is 58.6 Å². The number of carbonyl (C=O) groups is 1. The smallest absolute Gasteiger partial charge is 0.340 e. The van der Waals surface area contributed by atoms with Crippen molar-refractivity contribution in [2.24, 2.45) is 0 Å². The first kappa shape index (κ1) is 15.7. The van der Waals surface area contributed by atoms with E-state index in [2.05, 4.69) is 0 Å². The van der Waals surface area contributed by atoms with E-state index >= 15 is 0 Å². The fraction of sp³-hybridized carbons (Fsp3) is 0.188. The van der Waals surface area contributed by atoms with E-state index in [9.17, 15) is 9.90 Å². The molecule has 0 amide bonds. The standard InChI is InChI=1S/C16H15ClO3S/c1-2-21-14-8-4-7-13(15(14)16(18)19)20-10-11-5-3-6-12(17)9-11/h3-9H,2,10H2,1H3,(H,18,19). The van der Waals surface area contributed by atoms with Gasteiger partial charge in [0.15, 0.2) is 0 Å². The molecule has 5 heteroatoms. The predicted molar refractivity (Wildman–Crippen MR) is 85.6 cm³/mol. The third kappa shape index (κ3) is 4.16. The average molecular weight is 323 g/mol. The van der Waals surface area contributed by atoms with Crippen LogP contribution in [-0.4, -0.2) is 16.8 Å². The van der Waals surface area contributed by atoms with Gasteiger partial charge in [-0.1, -0.05) is 36.7 Å². The van der Waals surface area contributed by atoms with Crippen LogP contribution in [0.2, 0.25) is 5.02 Å². The Labute approximate surface area is 132 Å². The number of halogens is 1. The molecule has 0 unspecified atom stereocenters. The van der Waals surface area contributed by atoms with Gasteiger partial charge in [-0.15, -0.1) is 11.8 Å². The molecule has 0 saturated heterocycles. The van der Waals surface area contributed by atoms with E-state index in [-0.39, 0.29) is 12.2 Å². The first-order valence-electron chi connectivity index (χ1n) is 6.48. The summed E-state index contributed by atoms with van der Waals surface area (Å²) in [6, 6.07) is 12.6. The zero-order valence-corrected chi connectivity index (χ0v) is 13.1. The Morgan fingerprint density at radius 3 is 2.71 bits per heavy atom. The van der Waals surface area contributed by atoms with E-state index in [1.165, 1.54) is 11.8 Å². The molecule has 0 atom stereocenters. The SMILES string of the molecule is CCSc1cccc(OCc2cccc(Cl)c2)c1C(=O)O. The largest absolute Gasteiger partial charge is 0.488 e. The molecular weight excluding hydrogens is 308 g/mol. The minimum absolute atomic E-state index is 0.214. The van der Waals surface area contributed by atoms with Gasteiger partial charge in [-0.2, -0.15) is 0 Å². The van der Waals surface area contributed by atoms with Crippen molar-refractivity contribution in [1.82, 2.24) is 0 Å². The van der Waals surface area contributed by atoms with E-state index in [1.54, 1.807) is 30.3 Å². The fourth-order valence-corrected chi connectivity index (χ4v) is 2.94. The Balaban J connectivity index is 2.23. The molecule has 21 heavy (non-hydrogen) atoms. The van der Waals surface area contributed by atoms with Crippen molar-refractivity contribution in [3.8, 4) is 5.75 Å². The number of aromatic carboxylic acids is 1. The maximum Gasteiger partial charge on any atom is 0.340 e. The van der Waals surface area contributed by atoms with Crippen molar-refractivity contribution in [2.75, 3.05) is 5.75 Å². The lowest BCUT2D eigenvalue weighted by Gasteiger charge is -2.12. The zero-order valence-electron chi connectivity index (χ0n) is 11.5. The Bertz CT molecular complexity index is 643. The Hall–Kier alpha value is -1.65. The Morgan fingerprint density at radius 1 is 1.29 bits per heavy atom. The van der Waals surface area contributed by atoms with Gasteiger partial charge in [0.05, 0.1) is 0 Å². The Morgan fingerprint density at radius 2 is 2.05 bits per heavy atom. The highest BCUT2D eigenvalue weighted by Crippen LogP contribution is 2.30. The van der Waals surface area contributed by atoms with Crippen LogP contribution in [0.5, 0.6) is 5.75 Å². The molecule has 0 saturated carbocycles. The van der Waals surface area contributed by atoms with Crippen molar-refractivity contribution >= 4 is 29.3 Å². The number of thioether (sulfide) groups is 1. The molecule has 110 valence electrons. The monoisotopic (exact) mass is 322 g/mol. The highest BCUT2D eigenvalue weighted by Gasteiger charge is 2.16. The highest BCUT2D eigenvalue weighted by atomic mass is 35.5. The van der Waals surface area contributed by atoms with Gasteiger partial charge in [0.1, 0.15) is 17.9 Å². The molecule has 2 aromatic rings. The second-order valence-corrected chi connectivity index (χ2v) is 6.03. The summed E-state index contributed by atoms with van der Waals surface area (Å²) in [6.45, 7) is 2.26. The molecule has 0 heterocycles. The van der Waals surface area contributed by atoms with Gasteiger partial charge in [-0.3, -0.25) is 0 Å². The molecule has 0 radical (unpaired) electrons. The minimum Gasteiger partial charge on any atom is -0.488 e. The van der Waals surface area contributed by atoms with Crippen LogP contribution in [0, 0.1) is 0 Å². The summed E-state index contributed by atoms with van der Waals surface area (Å²) in [6.07, 6.45) is 0. The third-order valence-corrected chi connectivity index (χ3v) is 3.96. The molecule has 1 N–H and O–H groups in total. The third-order valence-electron chi connectivity index (χ3n) is 2.79. The fourth-order valence-electron chi connectivity index (χ4n) is 1.91. The molecular formula is C16H15ClO3S. The second-order valence-electron chi connectivity index (χ2n) is 4.29. The van der Waals surface area contributed by atoms with Crippen LogP contribution in [0.25, 0.3) is 0 Å². The lowest BCUT2D eigenvalue weighted by Crippen LogP contribution is -2.05. The summed E-state index contributed by atoms with van der Waals surface area (Å²) in [4.78, 5) is 12.2. The minimum atomic E-state index is -0.979. The summed E-state index contributed by atoms with van der Waals surface area (Å²) < 4.78 is 5.67. The molecule has 0 aliphatic carbocycles. The maximum atomic E-state index is 11.5. The number of ether oxygens (including phenoxy) is 1. The number of rotatable bonds is 6. The number of hydrogen-bond acceptors (Lipinski definition) is 3. The second kappa shape index (κ2) is 7.38. The summed E-state index contributed by atoms with van der Waals surface area (Å²) in [5.41, 5.74) is 1.11. The van der Waals surface area contributed by atoms with Crippen molar-refractivity contribution in [3.63, 3.8) is 0 Å². The van der Waals surface area contributed by atoms with E-state index < -0.39 is 5.97 Å². The topological polar surface area (TPSA) is 46.5 Å². The molecule has 2 aromatic carbocycles. The highest BCUT2D eigenvalue weighted by molar-refractivity contribution is 7.99. The van der Waals surface area contributed by atoms with Crippen molar-refractivity contribution in [1.29, 1.82) is 0 Å². The summed E-state index contributed by atoms with van der Waals surface area (Å²) in [5.74, 6) is 0.200. The lowest BCUT2D eigenvalue weighted by molar-refractivity contribution is 0.0687. The number of benzene rings is 2. The van der Waals surface area contributed by atoms with E-state index in [0.29, 0.717) is 15.7 Å². The number of carboxylic acids is 1. The van der Waals surface area contributed by atoms with Gasteiger partial charge < -0.3 is 9.84 Å². The maximum absolute atomic E-state index is 11.5. The van der Waals surface area contributed by atoms with Crippen LogP contribution in [-0.2, 0) is 6.61 Å².